The van der Waals surface area contributed by atoms with E-state index in [-0.39, 0.29) is 13.2 Å². The summed E-state index contributed by atoms with van der Waals surface area (Å²) < 4.78 is 9.86. The minimum Gasteiger partial charge on any atom is -0.492 e. The van der Waals surface area contributed by atoms with Crippen LogP contribution in [0.25, 0.3) is 0 Å². The Morgan fingerprint density at radius 3 is 2.59 bits per heavy atom. The second kappa shape index (κ2) is 7.27. The number of ether oxygens (including phenoxy) is 2. The molecule has 0 spiro atoms. The highest BCUT2D eigenvalue weighted by molar-refractivity contribution is 6.32. The second-order valence-electron chi connectivity index (χ2n) is 3.14. The molecule has 0 saturated heterocycles. The van der Waals surface area contributed by atoms with E-state index in [1.807, 2.05) is 30.3 Å². The van der Waals surface area contributed by atoms with Gasteiger partial charge >= 0.3 is 11.9 Å². The van der Waals surface area contributed by atoms with Crippen LogP contribution in [-0.2, 0) is 14.3 Å². The molecule has 0 heterocycles. The summed E-state index contributed by atoms with van der Waals surface area (Å²) in [5, 5.41) is 2.40. The Labute approximate surface area is 99.7 Å². The van der Waals surface area contributed by atoms with Crippen LogP contribution in [0.4, 0.5) is 0 Å². The molecule has 1 amide bonds. The van der Waals surface area contributed by atoms with Gasteiger partial charge in [-0.3, -0.25) is 4.79 Å². The molecule has 17 heavy (non-hydrogen) atoms. The van der Waals surface area contributed by atoms with E-state index in [0.717, 1.165) is 5.75 Å². The Morgan fingerprint density at radius 1 is 1.24 bits per heavy atom. The van der Waals surface area contributed by atoms with Gasteiger partial charge in [-0.1, -0.05) is 18.2 Å². The highest BCUT2D eigenvalue weighted by Gasteiger charge is 2.13. The highest BCUT2D eigenvalue weighted by atomic mass is 16.5. The molecule has 92 valence electrons. The predicted octanol–water partition coefficient (Wildman–Crippen LogP) is 0.745. The summed E-state index contributed by atoms with van der Waals surface area (Å²) in [4.78, 5) is 22.0. The highest BCUT2D eigenvalue weighted by Crippen LogP contribution is 2.07. The molecule has 0 aliphatic heterocycles. The van der Waals surface area contributed by atoms with Gasteiger partial charge in [0.25, 0.3) is 0 Å². The van der Waals surface area contributed by atoms with E-state index in [2.05, 4.69) is 10.1 Å². The molecule has 1 aromatic carbocycles. The fourth-order valence-corrected chi connectivity index (χ4v) is 1.12. The van der Waals surface area contributed by atoms with E-state index in [4.69, 9.17) is 4.74 Å². The summed E-state index contributed by atoms with van der Waals surface area (Å²) in [7, 11) is 0. The summed E-state index contributed by atoms with van der Waals surface area (Å²) in [5.74, 6) is -0.895. The van der Waals surface area contributed by atoms with Crippen molar-refractivity contribution in [1.29, 1.82) is 0 Å². The summed E-state index contributed by atoms with van der Waals surface area (Å²) >= 11 is 0. The van der Waals surface area contributed by atoms with Crippen LogP contribution < -0.4 is 10.1 Å². The molecule has 0 atom stereocenters. The van der Waals surface area contributed by atoms with Crippen molar-refractivity contribution in [2.75, 3.05) is 19.8 Å². The maximum absolute atomic E-state index is 11.1. The fourth-order valence-electron chi connectivity index (χ4n) is 1.12. The monoisotopic (exact) mass is 237 g/mol. The predicted molar refractivity (Wildman–Crippen MR) is 61.6 cm³/mol. The van der Waals surface area contributed by atoms with Crippen LogP contribution in [-0.4, -0.2) is 31.6 Å². The number of esters is 1. The van der Waals surface area contributed by atoms with Crippen LogP contribution in [0.2, 0.25) is 0 Å². The van der Waals surface area contributed by atoms with Crippen LogP contribution in [0.15, 0.2) is 30.3 Å². The number of benzene rings is 1. The van der Waals surface area contributed by atoms with Crippen molar-refractivity contribution in [3.63, 3.8) is 0 Å². The molecular weight excluding hydrogens is 222 g/mol. The summed E-state index contributed by atoms with van der Waals surface area (Å²) in [6, 6.07) is 9.22. The van der Waals surface area contributed by atoms with E-state index in [1.54, 1.807) is 6.92 Å². The third-order valence-corrected chi connectivity index (χ3v) is 1.86. The van der Waals surface area contributed by atoms with E-state index < -0.39 is 11.9 Å². The van der Waals surface area contributed by atoms with Crippen molar-refractivity contribution in [2.24, 2.45) is 0 Å². The quantitative estimate of drug-likeness (QED) is 0.466. The van der Waals surface area contributed by atoms with Crippen molar-refractivity contribution >= 4 is 11.9 Å². The second-order valence-corrected chi connectivity index (χ2v) is 3.14. The molecular formula is C12H15NO4. The fraction of sp³-hybridized carbons (Fsp3) is 0.333. The van der Waals surface area contributed by atoms with Gasteiger partial charge < -0.3 is 14.8 Å². The van der Waals surface area contributed by atoms with Gasteiger partial charge in [0, 0.05) is 0 Å². The maximum atomic E-state index is 11.1. The molecule has 1 N–H and O–H groups in total. The lowest BCUT2D eigenvalue weighted by atomic mass is 10.3. The van der Waals surface area contributed by atoms with Crippen LogP contribution in [0.1, 0.15) is 6.92 Å². The number of carbonyl (C=O) groups is 2. The van der Waals surface area contributed by atoms with Crippen molar-refractivity contribution in [3.05, 3.63) is 30.3 Å². The molecule has 0 aliphatic carbocycles. The van der Waals surface area contributed by atoms with Gasteiger partial charge in [-0.2, -0.15) is 0 Å². The number of hydrogen-bond donors (Lipinski definition) is 1. The van der Waals surface area contributed by atoms with Crippen LogP contribution in [0.5, 0.6) is 5.75 Å². The van der Waals surface area contributed by atoms with E-state index >= 15 is 0 Å². The Morgan fingerprint density at radius 2 is 1.94 bits per heavy atom. The Hall–Kier alpha value is -2.04. The lowest BCUT2D eigenvalue weighted by Crippen LogP contribution is -2.35. The molecule has 5 nitrogen and oxygen atoms in total. The minimum absolute atomic E-state index is 0.187. The molecule has 1 aromatic rings. The maximum Gasteiger partial charge on any atom is 0.396 e. The third-order valence-electron chi connectivity index (χ3n) is 1.86. The summed E-state index contributed by atoms with van der Waals surface area (Å²) in [5.41, 5.74) is 0. The number of amides is 1. The molecule has 0 saturated carbocycles. The molecule has 0 aliphatic rings. The van der Waals surface area contributed by atoms with Crippen molar-refractivity contribution < 1.29 is 19.1 Å². The first-order valence-corrected chi connectivity index (χ1v) is 5.37. The normalized spacial score (nSPS) is 9.47. The Kier molecular flexibility index (Phi) is 5.57. The Bertz CT molecular complexity index is 364. The average Bonchev–Trinajstić information content (AvgIpc) is 2.36. The lowest BCUT2D eigenvalue weighted by molar-refractivity contribution is -0.154. The zero-order valence-electron chi connectivity index (χ0n) is 9.64. The summed E-state index contributed by atoms with van der Waals surface area (Å²) in [6.45, 7) is 2.39. The third kappa shape index (κ3) is 5.01. The number of carbonyl (C=O) groups excluding carboxylic acids is 2. The van der Waals surface area contributed by atoms with E-state index in [0.29, 0.717) is 6.61 Å². The first-order valence-electron chi connectivity index (χ1n) is 5.37. The van der Waals surface area contributed by atoms with E-state index in [9.17, 15) is 9.59 Å². The first-order chi connectivity index (χ1) is 8.24. The van der Waals surface area contributed by atoms with Crippen molar-refractivity contribution in [1.82, 2.24) is 5.32 Å². The molecule has 0 bridgehead atoms. The minimum atomic E-state index is -0.868. The number of hydrogen-bond acceptors (Lipinski definition) is 4. The van der Waals surface area contributed by atoms with Gasteiger partial charge in [0.05, 0.1) is 13.2 Å². The van der Waals surface area contributed by atoms with Gasteiger partial charge in [0.1, 0.15) is 12.4 Å². The smallest absolute Gasteiger partial charge is 0.396 e. The van der Waals surface area contributed by atoms with Crippen molar-refractivity contribution in [3.8, 4) is 5.75 Å². The largest absolute Gasteiger partial charge is 0.492 e. The van der Waals surface area contributed by atoms with Crippen LogP contribution >= 0.6 is 0 Å². The zero-order valence-corrected chi connectivity index (χ0v) is 9.64. The van der Waals surface area contributed by atoms with Crippen molar-refractivity contribution in [2.45, 2.75) is 6.92 Å². The molecule has 1 rings (SSSR count). The average molecular weight is 237 g/mol. The van der Waals surface area contributed by atoms with Crippen LogP contribution in [0, 0.1) is 0 Å². The number of para-hydroxylation sites is 1. The molecule has 0 radical (unpaired) electrons. The van der Waals surface area contributed by atoms with E-state index in [1.165, 1.54) is 0 Å². The standard InChI is InChI=1S/C12H15NO4/c1-2-16-12(15)11(14)13-8-9-17-10-6-4-3-5-7-10/h3-7H,2,8-9H2,1H3,(H,13,14). The SMILES string of the molecule is CCOC(=O)C(=O)NCCOc1ccccc1. The van der Waals surface area contributed by atoms with Gasteiger partial charge in [-0.15, -0.1) is 0 Å². The molecule has 0 aromatic heterocycles. The number of nitrogens with one attached hydrogen (secondary N) is 1. The van der Waals surface area contributed by atoms with Gasteiger partial charge in [-0.25, -0.2) is 4.79 Å². The molecule has 0 unspecified atom stereocenters. The zero-order chi connectivity index (χ0) is 12.5. The lowest BCUT2D eigenvalue weighted by Gasteiger charge is -2.06. The summed E-state index contributed by atoms with van der Waals surface area (Å²) in [6.07, 6.45) is 0. The molecule has 0 fully saturated rings. The number of rotatable bonds is 5. The van der Waals surface area contributed by atoms with Gasteiger partial charge in [0.2, 0.25) is 0 Å². The Balaban J connectivity index is 2.16. The molecule has 5 heteroatoms. The topological polar surface area (TPSA) is 64.6 Å². The van der Waals surface area contributed by atoms with Crippen LogP contribution in [0.3, 0.4) is 0 Å². The van der Waals surface area contributed by atoms with Gasteiger partial charge in [-0.05, 0) is 19.1 Å². The van der Waals surface area contributed by atoms with Gasteiger partial charge in [0.15, 0.2) is 0 Å². The first kappa shape index (κ1) is 13.0.